The van der Waals surface area contributed by atoms with Gasteiger partial charge in [-0.15, -0.1) is 0 Å². The van der Waals surface area contributed by atoms with E-state index in [1.807, 2.05) is 18.5 Å². The Balaban J connectivity index is 2.11. The van der Waals surface area contributed by atoms with Gasteiger partial charge in [-0.1, -0.05) is 25.4 Å². The van der Waals surface area contributed by atoms with Crippen molar-refractivity contribution >= 4 is 28.9 Å². The molecule has 5 nitrogen and oxygen atoms in total. The van der Waals surface area contributed by atoms with Crippen molar-refractivity contribution in [3.05, 3.63) is 16.4 Å². The Kier molecular flexibility index (Phi) is 9.52. The molecule has 0 unspecified atom stereocenters. The highest BCUT2D eigenvalue weighted by molar-refractivity contribution is 7.80. The molecule has 1 heterocycles. The van der Waals surface area contributed by atoms with Gasteiger partial charge in [0.1, 0.15) is 0 Å². The molecule has 1 aromatic heterocycles. The monoisotopic (exact) mass is 359 g/mol. The summed E-state index contributed by atoms with van der Waals surface area (Å²) in [5, 5.41) is 12.4. The highest BCUT2D eigenvalue weighted by Crippen LogP contribution is 2.18. The normalized spacial score (nSPS) is 11.0. The predicted molar refractivity (Wildman–Crippen MR) is 102 cm³/mol. The van der Waals surface area contributed by atoms with Crippen LogP contribution in [-0.4, -0.2) is 52.5 Å². The molecule has 23 heavy (non-hydrogen) atoms. The van der Waals surface area contributed by atoms with Gasteiger partial charge in [0.2, 0.25) is 0 Å². The molecule has 0 spiro atoms. The summed E-state index contributed by atoms with van der Waals surface area (Å²) in [5.74, 6) is 0. The zero-order valence-corrected chi connectivity index (χ0v) is 16.4. The van der Waals surface area contributed by atoms with Crippen LogP contribution in [0.4, 0.5) is 0 Å². The lowest BCUT2D eigenvalue weighted by molar-refractivity contribution is 0.300. The molecule has 2 N–H and O–H groups in total. The third-order valence-corrected chi connectivity index (χ3v) is 4.79. The molecule has 7 heteroatoms. The molecule has 0 aromatic carbocycles. The number of halogens is 1. The number of hydrogen-bond acceptors (Lipinski definition) is 3. The Hall–Kier alpha value is -0.850. The summed E-state index contributed by atoms with van der Waals surface area (Å²) in [5.41, 5.74) is 1.92. The molecular weight excluding hydrogens is 330 g/mol. The first-order valence-electron chi connectivity index (χ1n) is 8.43. The summed E-state index contributed by atoms with van der Waals surface area (Å²) >= 11 is 11.4. The highest BCUT2D eigenvalue weighted by atomic mass is 35.5. The van der Waals surface area contributed by atoms with Gasteiger partial charge in [-0.25, -0.2) is 0 Å². The lowest BCUT2D eigenvalue weighted by Crippen LogP contribution is -2.37. The first-order chi connectivity index (χ1) is 11.0. The van der Waals surface area contributed by atoms with E-state index in [4.69, 9.17) is 23.8 Å². The van der Waals surface area contributed by atoms with Crippen LogP contribution in [0.25, 0.3) is 0 Å². The molecule has 0 radical (unpaired) electrons. The van der Waals surface area contributed by atoms with Gasteiger partial charge in [-0.2, -0.15) is 5.10 Å². The van der Waals surface area contributed by atoms with Crippen LogP contribution in [-0.2, 0) is 6.54 Å². The average molecular weight is 360 g/mol. The Morgan fingerprint density at radius 3 is 2.30 bits per heavy atom. The second kappa shape index (κ2) is 10.8. The third kappa shape index (κ3) is 7.06. The van der Waals surface area contributed by atoms with E-state index in [9.17, 15) is 0 Å². The van der Waals surface area contributed by atoms with Crippen molar-refractivity contribution < 1.29 is 0 Å². The van der Waals surface area contributed by atoms with Crippen LogP contribution in [0.3, 0.4) is 0 Å². The molecule has 0 fully saturated rings. The van der Waals surface area contributed by atoms with Gasteiger partial charge in [0.05, 0.1) is 16.4 Å². The van der Waals surface area contributed by atoms with Gasteiger partial charge in [0.25, 0.3) is 0 Å². The molecule has 0 saturated carbocycles. The smallest absolute Gasteiger partial charge is 0.166 e. The Bertz CT molecular complexity index is 485. The van der Waals surface area contributed by atoms with E-state index >= 15 is 0 Å². The predicted octanol–water partition coefficient (Wildman–Crippen LogP) is 2.74. The fourth-order valence-corrected chi connectivity index (χ4v) is 2.77. The second-order valence-corrected chi connectivity index (χ2v) is 6.41. The highest BCUT2D eigenvalue weighted by Gasteiger charge is 2.08. The van der Waals surface area contributed by atoms with E-state index in [1.165, 1.54) is 0 Å². The van der Waals surface area contributed by atoms with E-state index in [0.717, 1.165) is 73.6 Å². The van der Waals surface area contributed by atoms with E-state index in [0.29, 0.717) is 0 Å². The zero-order valence-electron chi connectivity index (χ0n) is 14.8. The molecule has 1 aromatic rings. The van der Waals surface area contributed by atoms with Crippen LogP contribution in [0.2, 0.25) is 5.02 Å². The van der Waals surface area contributed by atoms with Crippen LogP contribution >= 0.6 is 23.8 Å². The van der Waals surface area contributed by atoms with E-state index < -0.39 is 0 Å². The lowest BCUT2D eigenvalue weighted by atomic mass is 10.3. The van der Waals surface area contributed by atoms with Crippen LogP contribution in [0, 0.1) is 13.8 Å². The Morgan fingerprint density at radius 1 is 1.17 bits per heavy atom. The Labute approximate surface area is 150 Å². The van der Waals surface area contributed by atoms with Gasteiger partial charge < -0.3 is 15.5 Å². The van der Waals surface area contributed by atoms with E-state index in [-0.39, 0.29) is 0 Å². The quantitative estimate of drug-likeness (QED) is 0.497. The number of rotatable bonds is 10. The first-order valence-corrected chi connectivity index (χ1v) is 9.21. The van der Waals surface area contributed by atoms with E-state index in [2.05, 4.69) is 34.5 Å². The largest absolute Gasteiger partial charge is 0.363 e. The standard InChI is InChI=1S/C16H30ClN5S/c1-5-21(6-2)11-7-9-18-16(23)19-10-8-12-22-14(4)15(17)13(3)20-22/h5-12H2,1-4H3,(H2,18,19,23). The molecule has 1 rings (SSSR count). The fraction of sp³-hybridized carbons (Fsp3) is 0.750. The van der Waals surface area contributed by atoms with Crippen molar-refractivity contribution in [1.82, 2.24) is 25.3 Å². The van der Waals surface area contributed by atoms with Crippen LogP contribution < -0.4 is 10.6 Å². The van der Waals surface area contributed by atoms with Crippen molar-refractivity contribution in [3.8, 4) is 0 Å². The van der Waals surface area contributed by atoms with Gasteiger partial charge in [0.15, 0.2) is 5.11 Å². The topological polar surface area (TPSA) is 45.1 Å². The maximum absolute atomic E-state index is 6.14. The number of aryl methyl sites for hydroxylation is 2. The van der Waals surface area contributed by atoms with Crippen molar-refractivity contribution in [3.63, 3.8) is 0 Å². The minimum atomic E-state index is 0.732. The maximum atomic E-state index is 6.14. The van der Waals surface area contributed by atoms with E-state index in [1.54, 1.807) is 0 Å². The number of nitrogens with zero attached hydrogens (tertiary/aromatic N) is 3. The maximum Gasteiger partial charge on any atom is 0.166 e. The first kappa shape index (κ1) is 20.2. The summed E-state index contributed by atoms with van der Waals surface area (Å²) < 4.78 is 1.96. The van der Waals surface area contributed by atoms with Crippen molar-refractivity contribution in [2.24, 2.45) is 0 Å². The average Bonchev–Trinajstić information content (AvgIpc) is 2.79. The SMILES string of the molecule is CCN(CC)CCCNC(=S)NCCCn1nc(C)c(Cl)c1C. The third-order valence-electron chi connectivity index (χ3n) is 3.96. The minimum Gasteiger partial charge on any atom is -0.363 e. The molecular formula is C16H30ClN5S. The molecule has 0 aliphatic carbocycles. The molecule has 0 bridgehead atoms. The summed E-state index contributed by atoms with van der Waals surface area (Å²) in [6, 6.07) is 0. The molecule has 0 saturated heterocycles. The number of nitrogens with one attached hydrogen (secondary N) is 2. The lowest BCUT2D eigenvalue weighted by Gasteiger charge is -2.18. The van der Waals surface area contributed by atoms with Gasteiger partial charge in [-0.05, 0) is 58.5 Å². The summed E-state index contributed by atoms with van der Waals surface area (Å²) in [6.07, 6.45) is 2.06. The fourth-order valence-electron chi connectivity index (χ4n) is 2.43. The van der Waals surface area contributed by atoms with Crippen molar-refractivity contribution in [2.75, 3.05) is 32.7 Å². The Morgan fingerprint density at radius 2 is 1.78 bits per heavy atom. The molecule has 132 valence electrons. The number of aromatic nitrogens is 2. The van der Waals surface area contributed by atoms with Crippen LogP contribution in [0.1, 0.15) is 38.1 Å². The summed E-state index contributed by atoms with van der Waals surface area (Å²) in [6.45, 7) is 14.2. The molecule has 0 aliphatic heterocycles. The zero-order chi connectivity index (χ0) is 17.2. The van der Waals surface area contributed by atoms with Crippen molar-refractivity contribution in [1.29, 1.82) is 0 Å². The number of thiocarbonyl (C=S) groups is 1. The van der Waals surface area contributed by atoms with Crippen LogP contribution in [0.15, 0.2) is 0 Å². The van der Waals surface area contributed by atoms with Crippen LogP contribution in [0.5, 0.6) is 0 Å². The molecule has 0 aliphatic rings. The number of hydrogen-bond donors (Lipinski definition) is 2. The minimum absolute atomic E-state index is 0.732. The van der Waals surface area contributed by atoms with Gasteiger partial charge in [-0.3, -0.25) is 4.68 Å². The van der Waals surface area contributed by atoms with Gasteiger partial charge in [0, 0.05) is 19.6 Å². The molecule has 0 atom stereocenters. The second-order valence-electron chi connectivity index (χ2n) is 5.62. The molecule has 0 amide bonds. The summed E-state index contributed by atoms with van der Waals surface area (Å²) in [4.78, 5) is 2.41. The van der Waals surface area contributed by atoms with Crippen molar-refractivity contribution in [2.45, 2.75) is 47.1 Å². The summed E-state index contributed by atoms with van der Waals surface area (Å²) in [7, 11) is 0. The van der Waals surface area contributed by atoms with Gasteiger partial charge >= 0.3 is 0 Å².